The van der Waals surface area contributed by atoms with E-state index in [-0.39, 0.29) is 17.9 Å². The molecule has 1 saturated carbocycles. The number of carbonyl (C=O) groups excluding carboxylic acids is 1. The van der Waals surface area contributed by atoms with E-state index in [1.165, 1.54) is 0 Å². The van der Waals surface area contributed by atoms with Gasteiger partial charge in [-0.15, -0.1) is 0 Å². The number of amides is 1. The van der Waals surface area contributed by atoms with Gasteiger partial charge in [-0.3, -0.25) is 9.59 Å². The van der Waals surface area contributed by atoms with E-state index >= 15 is 0 Å². The van der Waals surface area contributed by atoms with E-state index in [0.29, 0.717) is 32.4 Å². The highest BCUT2D eigenvalue weighted by Crippen LogP contribution is 2.37. The van der Waals surface area contributed by atoms with E-state index in [1.807, 2.05) is 11.8 Å². The lowest BCUT2D eigenvalue weighted by Crippen LogP contribution is -2.49. The lowest BCUT2D eigenvalue weighted by molar-refractivity contribution is -0.155. The first kappa shape index (κ1) is 15.3. The largest absolute Gasteiger partial charge is 0.481 e. The molecule has 0 aromatic carbocycles. The van der Waals surface area contributed by atoms with Crippen molar-refractivity contribution in [1.29, 1.82) is 0 Å². The van der Waals surface area contributed by atoms with E-state index in [1.54, 1.807) is 0 Å². The van der Waals surface area contributed by atoms with Crippen LogP contribution in [0.2, 0.25) is 0 Å². The van der Waals surface area contributed by atoms with E-state index in [2.05, 4.69) is 0 Å². The molecule has 114 valence electrons. The fourth-order valence-electron chi connectivity index (χ4n) is 3.73. The second kappa shape index (κ2) is 6.12. The van der Waals surface area contributed by atoms with Crippen LogP contribution in [0.3, 0.4) is 0 Å². The zero-order valence-electron chi connectivity index (χ0n) is 12.3. The molecule has 0 aromatic rings. The van der Waals surface area contributed by atoms with Gasteiger partial charge in [0.15, 0.2) is 0 Å². The first-order chi connectivity index (χ1) is 9.50. The van der Waals surface area contributed by atoms with Crippen LogP contribution in [0.1, 0.15) is 51.9 Å². The van der Waals surface area contributed by atoms with Gasteiger partial charge >= 0.3 is 5.97 Å². The van der Waals surface area contributed by atoms with Crippen LogP contribution >= 0.6 is 0 Å². The highest BCUT2D eigenvalue weighted by atomic mass is 16.4. The third kappa shape index (κ3) is 2.82. The molecular weight excluding hydrogens is 256 g/mol. The number of piperidine rings is 1. The van der Waals surface area contributed by atoms with Crippen LogP contribution in [-0.4, -0.2) is 41.0 Å². The first-order valence-electron chi connectivity index (χ1n) is 7.78. The maximum Gasteiger partial charge on any atom is 0.309 e. The molecule has 1 amide bonds. The molecule has 1 heterocycles. The van der Waals surface area contributed by atoms with E-state index in [0.717, 1.165) is 25.7 Å². The fourth-order valence-corrected chi connectivity index (χ4v) is 3.73. The summed E-state index contributed by atoms with van der Waals surface area (Å²) in [4.78, 5) is 25.8. The summed E-state index contributed by atoms with van der Waals surface area (Å²) in [5.74, 6) is -0.604. The minimum atomic E-state index is -0.705. The number of nitrogens with two attached hydrogens (primary N) is 1. The number of hydrogen-bond acceptors (Lipinski definition) is 3. The summed E-state index contributed by atoms with van der Waals surface area (Å²) in [6.45, 7) is 3.14. The fraction of sp³-hybridized carbons (Fsp3) is 0.867. The summed E-state index contributed by atoms with van der Waals surface area (Å²) in [7, 11) is 0. The molecule has 0 aromatic heterocycles. The molecule has 0 bridgehead atoms. The summed E-state index contributed by atoms with van der Waals surface area (Å²) in [5, 5.41) is 9.47. The van der Waals surface area contributed by atoms with E-state index in [9.17, 15) is 14.7 Å². The lowest BCUT2D eigenvalue weighted by Gasteiger charge is -2.40. The van der Waals surface area contributed by atoms with Gasteiger partial charge in [-0.25, -0.2) is 0 Å². The summed E-state index contributed by atoms with van der Waals surface area (Å²) >= 11 is 0. The molecule has 1 saturated heterocycles. The van der Waals surface area contributed by atoms with Gasteiger partial charge in [-0.1, -0.05) is 19.8 Å². The minimum absolute atomic E-state index is 0.00991. The lowest BCUT2D eigenvalue weighted by atomic mass is 9.75. The molecule has 20 heavy (non-hydrogen) atoms. The molecule has 2 fully saturated rings. The molecule has 2 rings (SSSR count). The Morgan fingerprint density at radius 3 is 2.40 bits per heavy atom. The molecule has 0 radical (unpaired) electrons. The van der Waals surface area contributed by atoms with Crippen LogP contribution in [0.4, 0.5) is 0 Å². The monoisotopic (exact) mass is 282 g/mol. The van der Waals surface area contributed by atoms with Crippen molar-refractivity contribution in [3.05, 3.63) is 0 Å². The number of aliphatic carboxylic acids is 1. The van der Waals surface area contributed by atoms with Gasteiger partial charge in [-0.2, -0.15) is 0 Å². The maximum atomic E-state index is 12.4. The SMILES string of the molecule is CCCC1(C(=O)O)CCN(C(=O)C2CCCC2N)CC1. The Hall–Kier alpha value is -1.10. The van der Waals surface area contributed by atoms with Gasteiger partial charge in [0.1, 0.15) is 0 Å². The molecule has 1 aliphatic carbocycles. The van der Waals surface area contributed by atoms with E-state index < -0.39 is 11.4 Å². The average Bonchev–Trinajstić information content (AvgIpc) is 2.85. The van der Waals surface area contributed by atoms with Crippen molar-refractivity contribution >= 4 is 11.9 Å². The molecule has 2 aliphatic rings. The van der Waals surface area contributed by atoms with Crippen LogP contribution in [-0.2, 0) is 9.59 Å². The maximum absolute atomic E-state index is 12.4. The predicted molar refractivity (Wildman–Crippen MR) is 76.1 cm³/mol. The van der Waals surface area contributed by atoms with Crippen molar-refractivity contribution in [3.8, 4) is 0 Å². The Morgan fingerprint density at radius 2 is 1.95 bits per heavy atom. The summed E-state index contributed by atoms with van der Waals surface area (Å²) in [5.41, 5.74) is 5.37. The van der Waals surface area contributed by atoms with Crippen LogP contribution in [0.5, 0.6) is 0 Å². The molecule has 5 nitrogen and oxygen atoms in total. The topological polar surface area (TPSA) is 83.6 Å². The third-order valence-corrected chi connectivity index (χ3v) is 5.10. The van der Waals surface area contributed by atoms with Crippen molar-refractivity contribution in [2.75, 3.05) is 13.1 Å². The second-order valence-corrected chi connectivity index (χ2v) is 6.36. The zero-order chi connectivity index (χ0) is 14.8. The third-order valence-electron chi connectivity index (χ3n) is 5.10. The average molecular weight is 282 g/mol. The minimum Gasteiger partial charge on any atom is -0.481 e. The van der Waals surface area contributed by atoms with Crippen LogP contribution in [0.25, 0.3) is 0 Å². The molecule has 5 heteroatoms. The molecule has 2 atom stereocenters. The summed E-state index contributed by atoms with van der Waals surface area (Å²) in [6.07, 6.45) is 5.56. The molecular formula is C15H26N2O3. The first-order valence-corrected chi connectivity index (χ1v) is 7.78. The zero-order valence-corrected chi connectivity index (χ0v) is 12.3. The molecule has 1 aliphatic heterocycles. The van der Waals surface area contributed by atoms with Crippen LogP contribution in [0.15, 0.2) is 0 Å². The second-order valence-electron chi connectivity index (χ2n) is 6.36. The van der Waals surface area contributed by atoms with Gasteiger partial charge in [0.2, 0.25) is 5.91 Å². The van der Waals surface area contributed by atoms with Crippen LogP contribution in [0, 0.1) is 11.3 Å². The van der Waals surface area contributed by atoms with Gasteiger partial charge in [0.05, 0.1) is 11.3 Å². The number of carboxylic acids is 1. The standard InChI is InChI=1S/C15H26N2O3/c1-2-6-15(14(19)20)7-9-17(10-8-15)13(18)11-4-3-5-12(11)16/h11-12H,2-10,16H2,1H3,(H,19,20). The molecule has 3 N–H and O–H groups in total. The number of hydrogen-bond donors (Lipinski definition) is 2. The highest BCUT2D eigenvalue weighted by molar-refractivity contribution is 5.81. The number of rotatable bonds is 4. The normalized spacial score (nSPS) is 29.4. The molecule has 2 unspecified atom stereocenters. The Morgan fingerprint density at radius 1 is 1.30 bits per heavy atom. The smallest absolute Gasteiger partial charge is 0.309 e. The van der Waals surface area contributed by atoms with Gasteiger partial charge < -0.3 is 15.7 Å². The number of carbonyl (C=O) groups is 2. The Labute approximate surface area is 120 Å². The number of nitrogens with zero attached hydrogens (tertiary/aromatic N) is 1. The Balaban J connectivity index is 1.96. The van der Waals surface area contributed by atoms with Crippen molar-refractivity contribution in [1.82, 2.24) is 4.90 Å². The summed E-state index contributed by atoms with van der Waals surface area (Å²) in [6, 6.07) is -0.00991. The van der Waals surface area contributed by atoms with Crippen molar-refractivity contribution in [2.45, 2.75) is 57.9 Å². The van der Waals surface area contributed by atoms with Crippen molar-refractivity contribution in [2.24, 2.45) is 17.1 Å². The van der Waals surface area contributed by atoms with Gasteiger partial charge in [0, 0.05) is 19.1 Å². The van der Waals surface area contributed by atoms with Crippen LogP contribution < -0.4 is 5.73 Å². The Bertz CT molecular complexity index is 375. The van der Waals surface area contributed by atoms with Crippen molar-refractivity contribution < 1.29 is 14.7 Å². The number of carboxylic acid groups (broad SMARTS) is 1. The number of likely N-dealkylation sites (tertiary alicyclic amines) is 1. The van der Waals surface area contributed by atoms with Crippen molar-refractivity contribution in [3.63, 3.8) is 0 Å². The van der Waals surface area contributed by atoms with Gasteiger partial charge in [-0.05, 0) is 32.1 Å². The predicted octanol–water partition coefficient (Wildman–Crippen LogP) is 1.61. The summed E-state index contributed by atoms with van der Waals surface area (Å²) < 4.78 is 0. The van der Waals surface area contributed by atoms with Gasteiger partial charge in [0.25, 0.3) is 0 Å². The highest BCUT2D eigenvalue weighted by Gasteiger charge is 2.43. The quantitative estimate of drug-likeness (QED) is 0.820. The molecule has 0 spiro atoms. The Kier molecular flexibility index (Phi) is 4.68. The van der Waals surface area contributed by atoms with E-state index in [4.69, 9.17) is 5.73 Å².